The molecule has 2 unspecified atom stereocenters. The molecule has 0 saturated carbocycles. The van der Waals surface area contributed by atoms with Crippen LogP contribution in [-0.4, -0.2) is 35.5 Å². The minimum absolute atomic E-state index is 0.159. The molecule has 1 heterocycles. The van der Waals surface area contributed by atoms with Crippen LogP contribution >= 0.6 is 35.0 Å². The van der Waals surface area contributed by atoms with Crippen molar-refractivity contribution >= 4 is 35.0 Å². The van der Waals surface area contributed by atoms with Crippen molar-refractivity contribution in [1.82, 2.24) is 4.90 Å². The monoisotopic (exact) mass is 304 g/mol. The van der Waals surface area contributed by atoms with Gasteiger partial charge in [-0.1, -0.05) is 35.3 Å². The Balaban J connectivity index is 2.29. The maximum atomic E-state index is 6.31. The molecule has 2 rings (SSSR count). The van der Waals surface area contributed by atoms with Gasteiger partial charge in [-0.25, -0.2) is 0 Å². The van der Waals surface area contributed by atoms with Crippen LogP contribution in [0.1, 0.15) is 18.5 Å². The summed E-state index contributed by atoms with van der Waals surface area (Å²) in [6.07, 6.45) is 0. The highest BCUT2D eigenvalue weighted by Crippen LogP contribution is 2.34. The van der Waals surface area contributed by atoms with E-state index in [1.165, 1.54) is 0 Å². The Morgan fingerprint density at radius 3 is 2.94 bits per heavy atom. The largest absolute Gasteiger partial charge is 0.329 e. The Morgan fingerprint density at radius 1 is 1.50 bits per heavy atom. The summed E-state index contributed by atoms with van der Waals surface area (Å²) in [5.41, 5.74) is 7.01. The van der Waals surface area contributed by atoms with Gasteiger partial charge in [0.2, 0.25) is 0 Å². The van der Waals surface area contributed by atoms with Gasteiger partial charge >= 0.3 is 0 Å². The molecule has 2 N–H and O–H groups in total. The van der Waals surface area contributed by atoms with E-state index in [-0.39, 0.29) is 6.04 Å². The molecule has 18 heavy (non-hydrogen) atoms. The Hall–Kier alpha value is 0.0700. The molecule has 0 radical (unpaired) electrons. The molecule has 0 amide bonds. The van der Waals surface area contributed by atoms with Crippen molar-refractivity contribution in [2.75, 3.05) is 24.6 Å². The van der Waals surface area contributed by atoms with Crippen molar-refractivity contribution in [3.05, 3.63) is 33.8 Å². The number of nitrogens with two attached hydrogens (primary N) is 1. The van der Waals surface area contributed by atoms with Gasteiger partial charge in [-0.15, -0.1) is 0 Å². The highest BCUT2D eigenvalue weighted by Gasteiger charge is 2.28. The molecule has 1 aromatic rings. The molecule has 0 spiro atoms. The number of rotatable bonds is 3. The average Bonchev–Trinajstić information content (AvgIpc) is 2.37. The zero-order valence-corrected chi connectivity index (χ0v) is 12.7. The van der Waals surface area contributed by atoms with Gasteiger partial charge in [0.1, 0.15) is 0 Å². The quantitative estimate of drug-likeness (QED) is 0.927. The molecule has 1 saturated heterocycles. The first-order valence-electron chi connectivity index (χ1n) is 6.12. The lowest BCUT2D eigenvalue weighted by Crippen LogP contribution is -2.45. The van der Waals surface area contributed by atoms with E-state index in [1.807, 2.05) is 30.0 Å². The summed E-state index contributed by atoms with van der Waals surface area (Å²) >= 11 is 14.4. The molecule has 5 heteroatoms. The zero-order valence-electron chi connectivity index (χ0n) is 10.4. The number of halogens is 2. The second-order valence-electron chi connectivity index (χ2n) is 4.56. The molecule has 1 aromatic carbocycles. The maximum absolute atomic E-state index is 6.31. The summed E-state index contributed by atoms with van der Waals surface area (Å²) in [5, 5.41) is 1.24. The predicted octanol–water partition coefficient (Wildman–Crippen LogP) is 3.43. The van der Waals surface area contributed by atoms with Crippen LogP contribution in [0.4, 0.5) is 0 Å². The molecule has 2 atom stereocenters. The van der Waals surface area contributed by atoms with E-state index in [2.05, 4.69) is 11.8 Å². The van der Waals surface area contributed by atoms with Crippen molar-refractivity contribution in [3.8, 4) is 0 Å². The van der Waals surface area contributed by atoms with Crippen molar-refractivity contribution in [2.24, 2.45) is 5.73 Å². The Bertz CT molecular complexity index is 414. The first-order valence-corrected chi connectivity index (χ1v) is 8.03. The van der Waals surface area contributed by atoms with Crippen molar-refractivity contribution in [2.45, 2.75) is 19.0 Å². The minimum Gasteiger partial charge on any atom is -0.329 e. The van der Waals surface area contributed by atoms with Gasteiger partial charge < -0.3 is 5.73 Å². The first kappa shape index (κ1) is 14.5. The van der Waals surface area contributed by atoms with E-state index < -0.39 is 0 Å². The SMILES string of the molecule is CC1CSCCN1C(CN)c1cccc(Cl)c1Cl. The van der Waals surface area contributed by atoms with Gasteiger partial charge in [-0.3, -0.25) is 4.90 Å². The Labute approximate surface area is 123 Å². The summed E-state index contributed by atoms with van der Waals surface area (Å²) in [4.78, 5) is 2.44. The average molecular weight is 305 g/mol. The molecule has 0 aromatic heterocycles. The van der Waals surface area contributed by atoms with Gasteiger partial charge in [0, 0.05) is 36.7 Å². The Morgan fingerprint density at radius 2 is 2.28 bits per heavy atom. The van der Waals surface area contributed by atoms with E-state index in [0.717, 1.165) is 23.6 Å². The molecule has 100 valence electrons. The van der Waals surface area contributed by atoms with Crippen LogP contribution < -0.4 is 5.73 Å². The fourth-order valence-corrected chi connectivity index (χ4v) is 3.89. The maximum Gasteiger partial charge on any atom is 0.0640 e. The third-order valence-corrected chi connectivity index (χ3v) is 5.41. The van der Waals surface area contributed by atoms with Crippen LogP contribution in [0.3, 0.4) is 0 Å². The summed E-state index contributed by atoms with van der Waals surface area (Å²) in [6.45, 7) is 3.86. The van der Waals surface area contributed by atoms with Gasteiger partial charge in [0.25, 0.3) is 0 Å². The Kier molecular flexibility index (Phi) is 5.22. The highest BCUT2D eigenvalue weighted by atomic mass is 35.5. The fourth-order valence-electron chi connectivity index (χ4n) is 2.42. The molecule has 0 bridgehead atoms. The molecular weight excluding hydrogens is 287 g/mol. The topological polar surface area (TPSA) is 29.3 Å². The van der Waals surface area contributed by atoms with Crippen LogP contribution in [0.15, 0.2) is 18.2 Å². The van der Waals surface area contributed by atoms with Gasteiger partial charge in [0.15, 0.2) is 0 Å². The van der Waals surface area contributed by atoms with Gasteiger partial charge in [-0.2, -0.15) is 11.8 Å². The van der Waals surface area contributed by atoms with E-state index in [0.29, 0.717) is 22.6 Å². The van der Waals surface area contributed by atoms with E-state index in [9.17, 15) is 0 Å². The minimum atomic E-state index is 0.159. The van der Waals surface area contributed by atoms with Crippen molar-refractivity contribution < 1.29 is 0 Å². The normalized spacial score (nSPS) is 23.0. The standard InChI is InChI=1S/C13H18Cl2N2S/c1-9-8-18-6-5-17(9)12(7-16)10-3-2-4-11(14)13(10)15/h2-4,9,12H,5-8,16H2,1H3. The molecule has 1 fully saturated rings. The predicted molar refractivity (Wildman–Crippen MR) is 81.8 cm³/mol. The molecule has 2 nitrogen and oxygen atoms in total. The van der Waals surface area contributed by atoms with Crippen LogP contribution in [0, 0.1) is 0 Å². The van der Waals surface area contributed by atoms with Crippen LogP contribution in [-0.2, 0) is 0 Å². The molecular formula is C13H18Cl2N2S. The van der Waals surface area contributed by atoms with Crippen LogP contribution in [0.2, 0.25) is 10.0 Å². The number of thioether (sulfide) groups is 1. The first-order chi connectivity index (χ1) is 8.65. The lowest BCUT2D eigenvalue weighted by Gasteiger charge is -2.39. The molecule has 1 aliphatic rings. The number of nitrogens with zero attached hydrogens (tertiary/aromatic N) is 1. The van der Waals surface area contributed by atoms with Gasteiger partial charge in [-0.05, 0) is 18.6 Å². The number of benzene rings is 1. The lowest BCUT2D eigenvalue weighted by atomic mass is 10.0. The lowest BCUT2D eigenvalue weighted by molar-refractivity contribution is 0.166. The number of hydrogen-bond acceptors (Lipinski definition) is 3. The van der Waals surface area contributed by atoms with Crippen molar-refractivity contribution in [3.63, 3.8) is 0 Å². The number of hydrogen-bond donors (Lipinski definition) is 1. The zero-order chi connectivity index (χ0) is 13.1. The van der Waals surface area contributed by atoms with E-state index >= 15 is 0 Å². The molecule has 0 aliphatic carbocycles. The van der Waals surface area contributed by atoms with E-state index in [1.54, 1.807) is 0 Å². The second-order valence-corrected chi connectivity index (χ2v) is 6.49. The van der Waals surface area contributed by atoms with Crippen molar-refractivity contribution in [1.29, 1.82) is 0 Å². The second kappa shape index (κ2) is 6.49. The smallest absolute Gasteiger partial charge is 0.0640 e. The van der Waals surface area contributed by atoms with E-state index in [4.69, 9.17) is 28.9 Å². The van der Waals surface area contributed by atoms with Crippen LogP contribution in [0.25, 0.3) is 0 Å². The molecule has 1 aliphatic heterocycles. The van der Waals surface area contributed by atoms with Crippen LogP contribution in [0.5, 0.6) is 0 Å². The van der Waals surface area contributed by atoms with Gasteiger partial charge in [0.05, 0.1) is 10.0 Å². The fraction of sp³-hybridized carbons (Fsp3) is 0.538. The third-order valence-electron chi connectivity index (χ3n) is 3.38. The highest BCUT2D eigenvalue weighted by molar-refractivity contribution is 7.99. The summed E-state index contributed by atoms with van der Waals surface area (Å²) in [7, 11) is 0. The summed E-state index contributed by atoms with van der Waals surface area (Å²) in [5.74, 6) is 2.30. The summed E-state index contributed by atoms with van der Waals surface area (Å²) in [6, 6.07) is 6.46. The third kappa shape index (κ3) is 2.97. The summed E-state index contributed by atoms with van der Waals surface area (Å²) < 4.78 is 0.